The third-order valence-electron chi connectivity index (χ3n) is 4.89. The van der Waals surface area contributed by atoms with Crippen molar-refractivity contribution in [1.29, 1.82) is 0 Å². The molecule has 0 bridgehead atoms. The number of rotatable bonds is 5. The van der Waals surface area contributed by atoms with Crippen LogP contribution >= 0.6 is 11.3 Å². The molecule has 1 heterocycles. The van der Waals surface area contributed by atoms with Gasteiger partial charge in [0, 0.05) is 0 Å². The van der Waals surface area contributed by atoms with Gasteiger partial charge in [0.2, 0.25) is 0 Å². The van der Waals surface area contributed by atoms with Crippen LogP contribution in [0.2, 0.25) is 0 Å². The minimum atomic E-state index is -0.466. The highest BCUT2D eigenvalue weighted by atomic mass is 32.1. The number of aromatic nitrogens is 1. The average Bonchev–Trinajstić information content (AvgIpc) is 3.14. The van der Waals surface area contributed by atoms with Gasteiger partial charge in [-0.15, -0.1) is 0 Å². The summed E-state index contributed by atoms with van der Waals surface area (Å²) in [7, 11) is 4.38. The number of hydrogen-bond acceptors (Lipinski definition) is 6. The number of methoxy groups -OCH3 is 3. The largest absolute Gasteiger partial charge is 0.496 e. The predicted octanol–water partition coefficient (Wildman–Crippen LogP) is 3.79. The van der Waals surface area contributed by atoms with E-state index in [0.29, 0.717) is 27.4 Å². The molecule has 1 aromatic heterocycles. The van der Waals surface area contributed by atoms with Crippen molar-refractivity contribution in [2.24, 2.45) is 4.99 Å². The standard InChI is InChI=1S/C23H20N2O5S/c1-28-17-9-6-10-19-21(17)25(13-20(26)30-3)23(31-19)24-22(27)16-11-14-7-4-5-8-15(14)12-18(16)29-2/h4-12H,13H2,1-3H3. The Hall–Kier alpha value is -3.65. The molecule has 0 aliphatic carbocycles. The lowest BCUT2D eigenvalue weighted by Crippen LogP contribution is -2.22. The maximum Gasteiger partial charge on any atom is 0.325 e. The summed E-state index contributed by atoms with van der Waals surface area (Å²) in [6, 6.07) is 16.8. The number of nitrogens with zero attached hydrogens (tertiary/aromatic N) is 2. The number of amides is 1. The molecule has 0 N–H and O–H groups in total. The molecule has 0 atom stereocenters. The normalized spacial score (nSPS) is 11.6. The van der Waals surface area contributed by atoms with Crippen molar-refractivity contribution < 1.29 is 23.8 Å². The molecule has 0 unspecified atom stereocenters. The van der Waals surface area contributed by atoms with Gasteiger partial charge in [-0.1, -0.05) is 41.7 Å². The number of ether oxygens (including phenoxy) is 3. The summed E-state index contributed by atoms with van der Waals surface area (Å²) in [5.74, 6) is 0.0926. The molecule has 0 saturated heterocycles. The zero-order valence-electron chi connectivity index (χ0n) is 17.2. The minimum absolute atomic E-state index is 0.0994. The van der Waals surface area contributed by atoms with Crippen molar-refractivity contribution in [2.75, 3.05) is 21.3 Å². The smallest absolute Gasteiger partial charge is 0.325 e. The van der Waals surface area contributed by atoms with Crippen molar-refractivity contribution in [3.8, 4) is 11.5 Å². The molecule has 0 spiro atoms. The van der Waals surface area contributed by atoms with Gasteiger partial charge in [0.05, 0.1) is 31.6 Å². The second kappa shape index (κ2) is 8.61. The quantitative estimate of drug-likeness (QED) is 0.445. The molecule has 158 valence electrons. The highest BCUT2D eigenvalue weighted by molar-refractivity contribution is 7.16. The van der Waals surface area contributed by atoms with Crippen LogP contribution in [-0.4, -0.2) is 37.8 Å². The fourth-order valence-electron chi connectivity index (χ4n) is 3.39. The van der Waals surface area contributed by atoms with Gasteiger partial charge in [-0.25, -0.2) is 0 Å². The molecule has 3 aromatic carbocycles. The monoisotopic (exact) mass is 436 g/mol. The van der Waals surface area contributed by atoms with E-state index in [1.165, 1.54) is 25.6 Å². The van der Waals surface area contributed by atoms with E-state index in [4.69, 9.17) is 14.2 Å². The van der Waals surface area contributed by atoms with Gasteiger partial charge in [-0.3, -0.25) is 9.59 Å². The van der Waals surface area contributed by atoms with Gasteiger partial charge in [-0.05, 0) is 35.0 Å². The Balaban J connectivity index is 1.91. The van der Waals surface area contributed by atoms with Crippen molar-refractivity contribution in [3.63, 3.8) is 0 Å². The van der Waals surface area contributed by atoms with Crippen LogP contribution in [0, 0.1) is 0 Å². The maximum atomic E-state index is 13.2. The zero-order chi connectivity index (χ0) is 22.0. The molecule has 0 aliphatic rings. The Bertz CT molecular complexity index is 1370. The van der Waals surface area contributed by atoms with E-state index in [-0.39, 0.29) is 6.54 Å². The minimum Gasteiger partial charge on any atom is -0.496 e. The molecular formula is C23H20N2O5S. The van der Waals surface area contributed by atoms with Crippen molar-refractivity contribution in [2.45, 2.75) is 6.54 Å². The van der Waals surface area contributed by atoms with Gasteiger partial charge in [-0.2, -0.15) is 4.99 Å². The average molecular weight is 436 g/mol. The van der Waals surface area contributed by atoms with Gasteiger partial charge in [0.25, 0.3) is 5.91 Å². The van der Waals surface area contributed by atoms with E-state index in [2.05, 4.69) is 4.99 Å². The Labute approximate surface area is 182 Å². The van der Waals surface area contributed by atoms with Gasteiger partial charge < -0.3 is 18.8 Å². The summed E-state index contributed by atoms with van der Waals surface area (Å²) in [5, 5.41) is 1.87. The highest BCUT2D eigenvalue weighted by Crippen LogP contribution is 2.29. The molecule has 0 radical (unpaired) electrons. The number of esters is 1. The lowest BCUT2D eigenvalue weighted by atomic mass is 10.1. The summed E-state index contributed by atoms with van der Waals surface area (Å²) in [5.41, 5.74) is 1.02. The first-order chi connectivity index (χ1) is 15.0. The molecule has 0 fully saturated rings. The third-order valence-corrected chi connectivity index (χ3v) is 5.94. The Morgan fingerprint density at radius 1 is 0.935 bits per heavy atom. The van der Waals surface area contributed by atoms with Crippen LogP contribution in [-0.2, 0) is 16.1 Å². The van der Waals surface area contributed by atoms with E-state index in [1.807, 2.05) is 42.5 Å². The molecule has 31 heavy (non-hydrogen) atoms. The lowest BCUT2D eigenvalue weighted by Gasteiger charge is -2.08. The second-order valence-electron chi connectivity index (χ2n) is 6.67. The maximum absolute atomic E-state index is 13.2. The molecule has 0 aliphatic heterocycles. The lowest BCUT2D eigenvalue weighted by molar-refractivity contribution is -0.141. The summed E-state index contributed by atoms with van der Waals surface area (Å²) in [4.78, 5) is 29.9. The number of para-hydroxylation sites is 1. The van der Waals surface area contributed by atoms with E-state index in [1.54, 1.807) is 23.8 Å². The topological polar surface area (TPSA) is 79.1 Å². The molecule has 8 heteroatoms. The summed E-state index contributed by atoms with van der Waals surface area (Å²) in [6.45, 7) is -0.0994. The number of hydrogen-bond donors (Lipinski definition) is 0. The van der Waals surface area contributed by atoms with Crippen LogP contribution in [0.4, 0.5) is 0 Å². The second-order valence-corrected chi connectivity index (χ2v) is 7.68. The van der Waals surface area contributed by atoms with E-state index < -0.39 is 11.9 Å². The van der Waals surface area contributed by atoms with Gasteiger partial charge >= 0.3 is 5.97 Å². The summed E-state index contributed by atoms with van der Waals surface area (Å²) >= 11 is 1.29. The Morgan fingerprint density at radius 2 is 1.65 bits per heavy atom. The first-order valence-corrected chi connectivity index (χ1v) is 10.3. The highest BCUT2D eigenvalue weighted by Gasteiger charge is 2.17. The molecular weight excluding hydrogens is 416 g/mol. The number of fused-ring (bicyclic) bond motifs is 2. The number of benzene rings is 3. The SMILES string of the molecule is COC(=O)Cn1c(=NC(=O)c2cc3ccccc3cc2OC)sc2cccc(OC)c21. The molecule has 7 nitrogen and oxygen atoms in total. The fourth-order valence-corrected chi connectivity index (χ4v) is 4.44. The van der Waals surface area contributed by atoms with Crippen LogP contribution in [0.15, 0.2) is 59.6 Å². The van der Waals surface area contributed by atoms with Gasteiger partial charge in [0.1, 0.15) is 23.6 Å². The van der Waals surface area contributed by atoms with Crippen LogP contribution in [0.5, 0.6) is 11.5 Å². The van der Waals surface area contributed by atoms with Crippen molar-refractivity contribution >= 4 is 44.2 Å². The van der Waals surface area contributed by atoms with E-state index in [9.17, 15) is 9.59 Å². The van der Waals surface area contributed by atoms with Crippen molar-refractivity contribution in [3.05, 3.63) is 65.0 Å². The molecule has 1 amide bonds. The summed E-state index contributed by atoms with van der Waals surface area (Å²) in [6.07, 6.45) is 0. The van der Waals surface area contributed by atoms with Crippen LogP contribution < -0.4 is 14.3 Å². The predicted molar refractivity (Wildman–Crippen MR) is 119 cm³/mol. The summed E-state index contributed by atoms with van der Waals surface area (Å²) < 4.78 is 18.2. The third kappa shape index (κ3) is 3.89. The number of carbonyl (C=O) groups excluding carboxylic acids is 2. The first kappa shape index (κ1) is 20.6. The zero-order valence-corrected chi connectivity index (χ0v) is 18.1. The van der Waals surface area contributed by atoms with Crippen LogP contribution in [0.25, 0.3) is 21.0 Å². The number of carbonyl (C=O) groups is 2. The Kier molecular flexibility index (Phi) is 5.73. The molecule has 0 saturated carbocycles. The Morgan fingerprint density at radius 3 is 2.32 bits per heavy atom. The molecule has 4 rings (SSSR count). The first-order valence-electron chi connectivity index (χ1n) is 9.44. The van der Waals surface area contributed by atoms with E-state index in [0.717, 1.165) is 15.5 Å². The molecule has 4 aromatic rings. The van der Waals surface area contributed by atoms with Crippen molar-refractivity contribution in [1.82, 2.24) is 4.57 Å². The van der Waals surface area contributed by atoms with Crippen LogP contribution in [0.1, 0.15) is 10.4 Å². The fraction of sp³-hybridized carbons (Fsp3) is 0.174. The van der Waals surface area contributed by atoms with Gasteiger partial charge in [0.15, 0.2) is 4.80 Å². The number of thiazole rings is 1. The van der Waals surface area contributed by atoms with Crippen LogP contribution in [0.3, 0.4) is 0 Å². The van der Waals surface area contributed by atoms with E-state index >= 15 is 0 Å².